The molecule has 0 unspecified atom stereocenters. The lowest BCUT2D eigenvalue weighted by atomic mass is 10.4. The minimum absolute atomic E-state index is 0.208. The second-order valence-electron chi connectivity index (χ2n) is 3.78. The minimum Gasteiger partial charge on any atom is -0.395 e. The molecule has 0 radical (unpaired) electrons. The van der Waals surface area contributed by atoms with Gasteiger partial charge in [-0.1, -0.05) is 6.92 Å². The lowest BCUT2D eigenvalue weighted by Gasteiger charge is -2.20. The van der Waals surface area contributed by atoms with Crippen LogP contribution in [0.4, 0.5) is 0 Å². The van der Waals surface area contributed by atoms with Crippen molar-refractivity contribution >= 4 is 0 Å². The summed E-state index contributed by atoms with van der Waals surface area (Å²) in [4.78, 5) is 2.20. The Bertz CT molecular complexity index is 140. The molecule has 0 bridgehead atoms. The molecule has 0 aromatic carbocycles. The molecule has 5 heteroatoms. The number of hydrogen-bond acceptors (Lipinski definition) is 5. The normalized spacial score (nSPS) is 11.3. The van der Waals surface area contributed by atoms with Gasteiger partial charge in [0.25, 0.3) is 0 Å². The van der Waals surface area contributed by atoms with Crippen LogP contribution in [0.2, 0.25) is 0 Å². The highest BCUT2D eigenvalue weighted by molar-refractivity contribution is 4.55. The molecular formula is C12H27NO4. The molecule has 1 N–H and O–H groups in total. The highest BCUT2D eigenvalue weighted by atomic mass is 16.5. The zero-order valence-electron chi connectivity index (χ0n) is 11.2. The van der Waals surface area contributed by atoms with Gasteiger partial charge in [-0.3, -0.25) is 4.90 Å². The first-order valence-electron chi connectivity index (χ1n) is 6.32. The molecule has 0 spiro atoms. The lowest BCUT2D eigenvalue weighted by Crippen LogP contribution is -2.31. The zero-order valence-corrected chi connectivity index (χ0v) is 11.2. The molecule has 0 amide bonds. The number of nitrogens with zero attached hydrogens (tertiary/aromatic N) is 1. The molecule has 0 aliphatic rings. The average molecular weight is 249 g/mol. The highest BCUT2D eigenvalue weighted by Gasteiger charge is 2.02. The van der Waals surface area contributed by atoms with Crippen LogP contribution in [-0.2, 0) is 14.2 Å². The van der Waals surface area contributed by atoms with E-state index in [9.17, 15) is 0 Å². The molecular weight excluding hydrogens is 222 g/mol. The first-order chi connectivity index (χ1) is 8.35. The predicted molar refractivity (Wildman–Crippen MR) is 67.3 cm³/mol. The molecule has 0 rings (SSSR count). The van der Waals surface area contributed by atoms with Crippen LogP contribution in [0, 0.1) is 0 Å². The van der Waals surface area contributed by atoms with Crippen molar-refractivity contribution < 1.29 is 19.3 Å². The van der Waals surface area contributed by atoms with Gasteiger partial charge >= 0.3 is 0 Å². The Kier molecular flexibility index (Phi) is 13.7. The van der Waals surface area contributed by atoms with E-state index in [1.54, 1.807) is 7.11 Å². The molecule has 0 saturated heterocycles. The Morgan fingerprint density at radius 3 is 2.12 bits per heavy atom. The van der Waals surface area contributed by atoms with Gasteiger partial charge in [0.15, 0.2) is 0 Å². The summed E-state index contributed by atoms with van der Waals surface area (Å²) in [6, 6.07) is 0. The van der Waals surface area contributed by atoms with Crippen molar-refractivity contribution in [2.75, 3.05) is 66.4 Å². The van der Waals surface area contributed by atoms with E-state index >= 15 is 0 Å². The predicted octanol–water partition coefficient (Wildman–Crippen LogP) is 0.370. The van der Waals surface area contributed by atoms with Crippen molar-refractivity contribution in [2.45, 2.75) is 13.3 Å². The van der Waals surface area contributed by atoms with Crippen molar-refractivity contribution in [3.63, 3.8) is 0 Å². The fraction of sp³-hybridized carbons (Fsp3) is 1.00. The fourth-order valence-electron chi connectivity index (χ4n) is 1.45. The summed E-state index contributed by atoms with van der Waals surface area (Å²) in [5, 5.41) is 8.87. The van der Waals surface area contributed by atoms with Crippen LogP contribution >= 0.6 is 0 Å². The van der Waals surface area contributed by atoms with Crippen LogP contribution in [0.1, 0.15) is 13.3 Å². The highest BCUT2D eigenvalue weighted by Crippen LogP contribution is 1.91. The van der Waals surface area contributed by atoms with Gasteiger partial charge in [-0.05, 0) is 13.0 Å². The van der Waals surface area contributed by atoms with Gasteiger partial charge in [0.1, 0.15) is 0 Å². The molecule has 0 fully saturated rings. The molecule has 0 atom stereocenters. The Balaban J connectivity index is 3.23. The molecule has 0 aromatic rings. The van der Waals surface area contributed by atoms with Gasteiger partial charge < -0.3 is 19.3 Å². The maximum Gasteiger partial charge on any atom is 0.0701 e. The van der Waals surface area contributed by atoms with E-state index in [1.165, 1.54) is 0 Å². The molecule has 0 aliphatic carbocycles. The first kappa shape index (κ1) is 16.8. The van der Waals surface area contributed by atoms with E-state index in [-0.39, 0.29) is 6.61 Å². The van der Waals surface area contributed by atoms with Crippen molar-refractivity contribution in [3.8, 4) is 0 Å². The quantitative estimate of drug-likeness (QED) is 0.478. The van der Waals surface area contributed by atoms with E-state index < -0.39 is 0 Å². The van der Waals surface area contributed by atoms with E-state index in [4.69, 9.17) is 19.3 Å². The van der Waals surface area contributed by atoms with Crippen molar-refractivity contribution in [3.05, 3.63) is 0 Å². The third kappa shape index (κ3) is 12.1. The first-order valence-corrected chi connectivity index (χ1v) is 6.32. The van der Waals surface area contributed by atoms with Gasteiger partial charge in [0, 0.05) is 20.2 Å². The van der Waals surface area contributed by atoms with Crippen LogP contribution in [0.5, 0.6) is 0 Å². The summed E-state index contributed by atoms with van der Waals surface area (Å²) in [5.41, 5.74) is 0. The summed E-state index contributed by atoms with van der Waals surface area (Å²) in [6.07, 6.45) is 1.10. The van der Waals surface area contributed by atoms with Crippen LogP contribution in [-0.4, -0.2) is 76.4 Å². The summed E-state index contributed by atoms with van der Waals surface area (Å²) in [6.45, 7) is 8.10. The lowest BCUT2D eigenvalue weighted by molar-refractivity contribution is 0.0186. The Hall–Kier alpha value is -0.200. The molecule has 104 valence electrons. The summed E-state index contributed by atoms with van der Waals surface area (Å²) < 4.78 is 15.6. The largest absolute Gasteiger partial charge is 0.395 e. The molecule has 17 heavy (non-hydrogen) atoms. The second kappa shape index (κ2) is 13.9. The number of aliphatic hydroxyl groups excluding tert-OH is 1. The maximum absolute atomic E-state index is 8.87. The van der Waals surface area contributed by atoms with Crippen LogP contribution in [0.25, 0.3) is 0 Å². The summed E-state index contributed by atoms with van der Waals surface area (Å²) >= 11 is 0. The number of aliphatic hydroxyl groups is 1. The number of rotatable bonds is 13. The molecule has 0 aliphatic heterocycles. The van der Waals surface area contributed by atoms with E-state index in [1.807, 2.05) is 0 Å². The summed E-state index contributed by atoms with van der Waals surface area (Å²) in [5.74, 6) is 0. The van der Waals surface area contributed by atoms with Gasteiger partial charge in [-0.2, -0.15) is 0 Å². The molecule has 5 nitrogen and oxygen atoms in total. The minimum atomic E-state index is 0.208. The van der Waals surface area contributed by atoms with Crippen molar-refractivity contribution in [1.29, 1.82) is 0 Å². The smallest absolute Gasteiger partial charge is 0.0701 e. The monoisotopic (exact) mass is 249 g/mol. The van der Waals surface area contributed by atoms with Crippen LogP contribution < -0.4 is 0 Å². The van der Waals surface area contributed by atoms with Crippen molar-refractivity contribution in [1.82, 2.24) is 4.90 Å². The number of hydrogen-bond donors (Lipinski definition) is 1. The van der Waals surface area contributed by atoms with Crippen LogP contribution in [0.3, 0.4) is 0 Å². The van der Waals surface area contributed by atoms with Crippen LogP contribution in [0.15, 0.2) is 0 Å². The number of ether oxygens (including phenoxy) is 3. The van der Waals surface area contributed by atoms with Gasteiger partial charge in [0.2, 0.25) is 0 Å². The summed E-state index contributed by atoms with van der Waals surface area (Å²) in [7, 11) is 1.66. The third-order valence-corrected chi connectivity index (χ3v) is 2.31. The van der Waals surface area contributed by atoms with E-state index in [2.05, 4.69) is 11.8 Å². The standard InChI is InChI=1S/C12H27NO4/c1-3-4-13(5-7-14)6-8-16-11-12-17-10-9-15-2/h14H,3-12H2,1-2H3. The third-order valence-electron chi connectivity index (χ3n) is 2.31. The van der Waals surface area contributed by atoms with Gasteiger partial charge in [-0.15, -0.1) is 0 Å². The molecule has 0 saturated carbocycles. The Morgan fingerprint density at radius 2 is 1.53 bits per heavy atom. The van der Waals surface area contributed by atoms with Crippen molar-refractivity contribution in [2.24, 2.45) is 0 Å². The van der Waals surface area contributed by atoms with E-state index in [0.717, 1.165) is 26.1 Å². The Labute approximate surface area is 105 Å². The SMILES string of the molecule is CCCN(CCO)CCOCCOCCOC. The average Bonchev–Trinajstić information content (AvgIpc) is 2.33. The second-order valence-corrected chi connectivity index (χ2v) is 3.78. The Morgan fingerprint density at radius 1 is 0.882 bits per heavy atom. The van der Waals surface area contributed by atoms with Gasteiger partial charge in [-0.25, -0.2) is 0 Å². The molecule has 0 heterocycles. The number of methoxy groups -OCH3 is 1. The zero-order chi connectivity index (χ0) is 12.8. The van der Waals surface area contributed by atoms with E-state index in [0.29, 0.717) is 33.0 Å². The van der Waals surface area contributed by atoms with Gasteiger partial charge in [0.05, 0.1) is 39.6 Å². The topological polar surface area (TPSA) is 51.2 Å². The fourth-order valence-corrected chi connectivity index (χ4v) is 1.45. The maximum atomic E-state index is 8.87. The molecule has 0 aromatic heterocycles.